The van der Waals surface area contributed by atoms with Crippen molar-refractivity contribution in [1.29, 1.82) is 0 Å². The molecule has 90 valence electrons. The first kappa shape index (κ1) is 11.7. The van der Waals surface area contributed by atoms with Crippen LogP contribution in [0.25, 0.3) is 0 Å². The first-order valence-corrected chi connectivity index (χ1v) is 6.19. The predicted molar refractivity (Wildman–Crippen MR) is 63.4 cm³/mol. The van der Waals surface area contributed by atoms with E-state index in [4.69, 9.17) is 9.15 Å². The number of hydrogen-bond acceptors (Lipinski definition) is 3. The molecule has 1 aromatic heterocycles. The van der Waals surface area contributed by atoms with Crippen LogP contribution in [-0.4, -0.2) is 19.8 Å². The maximum Gasteiger partial charge on any atom is 0.120 e. The molecule has 0 spiro atoms. The number of rotatable bonds is 5. The van der Waals surface area contributed by atoms with Crippen molar-refractivity contribution in [1.82, 2.24) is 5.32 Å². The van der Waals surface area contributed by atoms with Crippen molar-refractivity contribution in [3.05, 3.63) is 23.7 Å². The van der Waals surface area contributed by atoms with Crippen LogP contribution in [0.5, 0.6) is 0 Å². The van der Waals surface area contributed by atoms with Crippen molar-refractivity contribution < 1.29 is 9.15 Å². The highest BCUT2D eigenvalue weighted by Gasteiger charge is 2.17. The van der Waals surface area contributed by atoms with Crippen LogP contribution in [0.3, 0.4) is 0 Å². The van der Waals surface area contributed by atoms with Crippen LogP contribution in [0, 0.1) is 5.92 Å². The molecule has 1 aliphatic rings. The molecule has 2 atom stereocenters. The first-order valence-electron chi connectivity index (χ1n) is 6.19. The van der Waals surface area contributed by atoms with Gasteiger partial charge in [0.15, 0.2) is 0 Å². The van der Waals surface area contributed by atoms with Gasteiger partial charge in [0.05, 0.1) is 12.6 Å². The number of aryl methyl sites for hydroxylation is 1. The summed E-state index contributed by atoms with van der Waals surface area (Å²) >= 11 is 0. The van der Waals surface area contributed by atoms with Gasteiger partial charge in [0.25, 0.3) is 0 Å². The third-order valence-corrected chi connectivity index (χ3v) is 3.19. The molecule has 0 aromatic carbocycles. The van der Waals surface area contributed by atoms with Gasteiger partial charge in [-0.15, -0.1) is 0 Å². The molecule has 1 saturated heterocycles. The van der Waals surface area contributed by atoms with Crippen LogP contribution in [0.4, 0.5) is 0 Å². The molecular weight excluding hydrogens is 202 g/mol. The number of furan rings is 1. The van der Waals surface area contributed by atoms with Crippen LogP contribution >= 0.6 is 0 Å². The van der Waals surface area contributed by atoms with Crippen molar-refractivity contribution in [2.75, 3.05) is 19.8 Å². The molecular formula is C13H21NO2. The minimum Gasteiger partial charge on any atom is -0.464 e. The van der Waals surface area contributed by atoms with Gasteiger partial charge in [0.2, 0.25) is 0 Å². The number of nitrogens with one attached hydrogen (secondary N) is 1. The number of ether oxygens (including phenoxy) is 1. The SMILES string of the molecule is CCc1ccc(C(C)NCC2CCOC2)o1. The lowest BCUT2D eigenvalue weighted by Crippen LogP contribution is -2.25. The Balaban J connectivity index is 1.80. The first-order chi connectivity index (χ1) is 7.79. The van der Waals surface area contributed by atoms with E-state index in [0.29, 0.717) is 12.0 Å². The van der Waals surface area contributed by atoms with Gasteiger partial charge in [-0.25, -0.2) is 0 Å². The molecule has 1 aromatic rings. The van der Waals surface area contributed by atoms with E-state index >= 15 is 0 Å². The van der Waals surface area contributed by atoms with Crippen molar-refractivity contribution in [3.8, 4) is 0 Å². The smallest absolute Gasteiger partial charge is 0.120 e. The molecule has 16 heavy (non-hydrogen) atoms. The highest BCUT2D eigenvalue weighted by atomic mass is 16.5. The molecule has 0 radical (unpaired) electrons. The van der Waals surface area contributed by atoms with Crippen molar-refractivity contribution in [2.45, 2.75) is 32.7 Å². The second-order valence-corrected chi connectivity index (χ2v) is 4.52. The summed E-state index contributed by atoms with van der Waals surface area (Å²) in [5.74, 6) is 2.77. The summed E-state index contributed by atoms with van der Waals surface area (Å²) in [6.45, 7) is 7.09. The Bertz CT molecular complexity index is 315. The fourth-order valence-corrected chi connectivity index (χ4v) is 2.01. The lowest BCUT2D eigenvalue weighted by Gasteiger charge is -2.14. The molecule has 2 rings (SSSR count). The van der Waals surface area contributed by atoms with Gasteiger partial charge in [-0.2, -0.15) is 0 Å². The van der Waals surface area contributed by atoms with Crippen LogP contribution in [0.15, 0.2) is 16.5 Å². The summed E-state index contributed by atoms with van der Waals surface area (Å²) in [6, 6.07) is 4.43. The molecule has 3 heteroatoms. The summed E-state index contributed by atoms with van der Waals surface area (Å²) in [6.07, 6.45) is 2.14. The topological polar surface area (TPSA) is 34.4 Å². The summed E-state index contributed by atoms with van der Waals surface area (Å²) in [4.78, 5) is 0. The van der Waals surface area contributed by atoms with Crippen LogP contribution in [0.1, 0.15) is 37.8 Å². The van der Waals surface area contributed by atoms with Crippen LogP contribution < -0.4 is 5.32 Å². The van der Waals surface area contributed by atoms with Gasteiger partial charge in [-0.1, -0.05) is 6.92 Å². The molecule has 1 fully saturated rings. The molecule has 3 nitrogen and oxygen atoms in total. The normalized spacial score (nSPS) is 22.5. The molecule has 0 saturated carbocycles. The summed E-state index contributed by atoms with van der Waals surface area (Å²) in [5, 5.41) is 3.50. The monoisotopic (exact) mass is 223 g/mol. The fourth-order valence-electron chi connectivity index (χ4n) is 2.01. The molecule has 1 N–H and O–H groups in total. The minimum atomic E-state index is 0.292. The average Bonchev–Trinajstić information content (AvgIpc) is 2.96. The summed E-state index contributed by atoms with van der Waals surface area (Å²) < 4.78 is 11.1. The zero-order valence-electron chi connectivity index (χ0n) is 10.2. The third-order valence-electron chi connectivity index (χ3n) is 3.19. The van der Waals surface area contributed by atoms with Gasteiger partial charge < -0.3 is 14.5 Å². The van der Waals surface area contributed by atoms with Crippen molar-refractivity contribution in [2.24, 2.45) is 5.92 Å². The van der Waals surface area contributed by atoms with E-state index in [-0.39, 0.29) is 0 Å². The van der Waals surface area contributed by atoms with E-state index in [1.165, 1.54) is 6.42 Å². The Morgan fingerprint density at radius 3 is 3.00 bits per heavy atom. The third kappa shape index (κ3) is 2.86. The Morgan fingerprint density at radius 1 is 1.50 bits per heavy atom. The molecule has 0 aliphatic carbocycles. The van der Waals surface area contributed by atoms with Gasteiger partial charge in [0, 0.05) is 19.6 Å². The summed E-state index contributed by atoms with van der Waals surface area (Å²) in [7, 11) is 0. The van der Waals surface area contributed by atoms with Gasteiger partial charge in [0.1, 0.15) is 11.5 Å². The van der Waals surface area contributed by atoms with Crippen molar-refractivity contribution >= 4 is 0 Å². The Morgan fingerprint density at radius 2 is 2.38 bits per heavy atom. The Labute approximate surface area is 97.2 Å². The average molecular weight is 223 g/mol. The van der Waals surface area contributed by atoms with Gasteiger partial charge >= 0.3 is 0 Å². The lowest BCUT2D eigenvalue weighted by atomic mass is 10.1. The number of hydrogen-bond donors (Lipinski definition) is 1. The van der Waals surface area contributed by atoms with E-state index in [1.807, 2.05) is 0 Å². The zero-order chi connectivity index (χ0) is 11.4. The highest BCUT2D eigenvalue weighted by molar-refractivity contribution is 5.10. The van der Waals surface area contributed by atoms with E-state index in [2.05, 4.69) is 31.3 Å². The highest BCUT2D eigenvalue weighted by Crippen LogP contribution is 2.18. The van der Waals surface area contributed by atoms with E-state index in [9.17, 15) is 0 Å². The maximum atomic E-state index is 5.72. The Kier molecular flexibility index (Phi) is 4.02. The molecule has 0 bridgehead atoms. The fraction of sp³-hybridized carbons (Fsp3) is 0.692. The lowest BCUT2D eigenvalue weighted by molar-refractivity contribution is 0.184. The second kappa shape index (κ2) is 5.51. The largest absolute Gasteiger partial charge is 0.464 e. The molecule has 2 unspecified atom stereocenters. The standard InChI is InChI=1S/C13H21NO2/c1-3-12-4-5-13(16-12)10(2)14-8-11-6-7-15-9-11/h4-5,10-11,14H,3,6-9H2,1-2H3. The van der Waals surface area contributed by atoms with E-state index in [1.54, 1.807) is 0 Å². The van der Waals surface area contributed by atoms with Crippen molar-refractivity contribution in [3.63, 3.8) is 0 Å². The van der Waals surface area contributed by atoms with Gasteiger partial charge in [-0.05, 0) is 31.4 Å². The second-order valence-electron chi connectivity index (χ2n) is 4.52. The quantitative estimate of drug-likeness (QED) is 0.833. The zero-order valence-corrected chi connectivity index (χ0v) is 10.2. The molecule has 0 amide bonds. The van der Waals surface area contributed by atoms with Gasteiger partial charge in [-0.3, -0.25) is 0 Å². The predicted octanol–water partition coefficient (Wildman–Crippen LogP) is 2.53. The van der Waals surface area contributed by atoms with Crippen LogP contribution in [0.2, 0.25) is 0 Å². The van der Waals surface area contributed by atoms with Crippen LogP contribution in [-0.2, 0) is 11.2 Å². The maximum absolute atomic E-state index is 5.72. The Hall–Kier alpha value is -0.800. The minimum absolute atomic E-state index is 0.292. The molecule has 2 heterocycles. The van der Waals surface area contributed by atoms with E-state index in [0.717, 1.165) is 37.7 Å². The summed E-state index contributed by atoms with van der Waals surface area (Å²) in [5.41, 5.74) is 0. The molecule has 1 aliphatic heterocycles. The van der Waals surface area contributed by atoms with E-state index < -0.39 is 0 Å².